The van der Waals surface area contributed by atoms with Crippen LogP contribution in [-0.2, 0) is 0 Å². The average molecular weight is 365 g/mol. The zero-order chi connectivity index (χ0) is 18.0. The fourth-order valence-electron chi connectivity index (χ4n) is 2.29. The number of methoxy groups -OCH3 is 1. The van der Waals surface area contributed by atoms with E-state index in [0.717, 1.165) is 0 Å². The highest BCUT2D eigenvalue weighted by Gasteiger charge is 2.20. The van der Waals surface area contributed by atoms with Gasteiger partial charge < -0.3 is 23.7 Å². The summed E-state index contributed by atoms with van der Waals surface area (Å²) in [6.45, 7) is 3.89. The van der Waals surface area contributed by atoms with Crippen molar-refractivity contribution < 1.29 is 28.5 Å². The first-order chi connectivity index (χ1) is 12.0. The Labute approximate surface area is 150 Å². The minimum absolute atomic E-state index is 0.0853. The van der Waals surface area contributed by atoms with Gasteiger partial charge in [0, 0.05) is 6.07 Å². The fraction of sp³-hybridized carbons (Fsp3) is 0.278. The molecule has 0 bridgehead atoms. The molecule has 0 fully saturated rings. The molecule has 6 nitrogen and oxygen atoms in total. The molecule has 2 aromatic rings. The minimum atomic E-state index is -0.574. The number of fused-ring (bicyclic) bond motifs is 1. The van der Waals surface area contributed by atoms with Crippen LogP contribution in [0.1, 0.15) is 24.2 Å². The molecular weight excluding hydrogens is 348 g/mol. The van der Waals surface area contributed by atoms with E-state index in [1.165, 1.54) is 19.2 Å². The van der Waals surface area contributed by atoms with Crippen molar-refractivity contribution >= 4 is 17.6 Å². The Bertz CT molecular complexity index is 802. The van der Waals surface area contributed by atoms with Crippen LogP contribution in [0.5, 0.6) is 28.7 Å². The van der Waals surface area contributed by atoms with Crippen LogP contribution in [0.3, 0.4) is 0 Å². The number of benzene rings is 2. The van der Waals surface area contributed by atoms with Crippen LogP contribution in [0, 0.1) is 0 Å². The normalized spacial score (nSPS) is 12.2. The molecule has 0 saturated carbocycles. The lowest BCUT2D eigenvalue weighted by molar-refractivity contribution is 0.0734. The molecule has 1 heterocycles. The third kappa shape index (κ3) is 3.74. The van der Waals surface area contributed by atoms with E-state index >= 15 is 0 Å². The largest absolute Gasteiger partial charge is 0.493 e. The van der Waals surface area contributed by atoms with Crippen molar-refractivity contribution in [2.45, 2.75) is 20.0 Å². The van der Waals surface area contributed by atoms with Gasteiger partial charge in [-0.2, -0.15) is 0 Å². The zero-order valence-electron chi connectivity index (χ0n) is 14.0. The van der Waals surface area contributed by atoms with Gasteiger partial charge in [0.1, 0.15) is 5.75 Å². The summed E-state index contributed by atoms with van der Waals surface area (Å²) in [6, 6.07) is 7.91. The molecule has 25 heavy (non-hydrogen) atoms. The molecule has 0 atom stereocenters. The second-order valence-electron chi connectivity index (χ2n) is 5.56. The first-order valence-corrected chi connectivity index (χ1v) is 8.01. The number of hydrogen-bond donors (Lipinski definition) is 0. The van der Waals surface area contributed by atoms with Crippen molar-refractivity contribution in [1.82, 2.24) is 0 Å². The third-order valence-corrected chi connectivity index (χ3v) is 3.65. The summed E-state index contributed by atoms with van der Waals surface area (Å²) < 4.78 is 26.8. The van der Waals surface area contributed by atoms with E-state index in [9.17, 15) is 4.79 Å². The monoisotopic (exact) mass is 364 g/mol. The van der Waals surface area contributed by atoms with E-state index in [2.05, 4.69) is 0 Å². The van der Waals surface area contributed by atoms with Crippen LogP contribution in [0.25, 0.3) is 0 Å². The van der Waals surface area contributed by atoms with Crippen LogP contribution < -0.4 is 23.7 Å². The molecule has 0 saturated heterocycles. The summed E-state index contributed by atoms with van der Waals surface area (Å²) in [6.07, 6.45) is -0.0853. The maximum Gasteiger partial charge on any atom is 0.343 e. The molecule has 0 radical (unpaired) electrons. The number of rotatable bonds is 5. The van der Waals surface area contributed by atoms with Gasteiger partial charge in [-0.1, -0.05) is 11.6 Å². The molecule has 7 heteroatoms. The summed E-state index contributed by atoms with van der Waals surface area (Å²) in [4.78, 5) is 12.4. The van der Waals surface area contributed by atoms with Crippen molar-refractivity contribution in [3.8, 4) is 28.7 Å². The topological polar surface area (TPSA) is 63.2 Å². The lowest BCUT2D eigenvalue weighted by Gasteiger charge is -2.16. The van der Waals surface area contributed by atoms with Crippen LogP contribution in [0.15, 0.2) is 30.3 Å². The number of hydrogen-bond acceptors (Lipinski definition) is 6. The van der Waals surface area contributed by atoms with Crippen LogP contribution in [0.2, 0.25) is 5.02 Å². The highest BCUT2D eigenvalue weighted by molar-refractivity contribution is 6.32. The second kappa shape index (κ2) is 7.11. The highest BCUT2D eigenvalue weighted by Crippen LogP contribution is 2.38. The van der Waals surface area contributed by atoms with Crippen LogP contribution in [-0.4, -0.2) is 26.0 Å². The Hall–Kier alpha value is -2.60. The maximum atomic E-state index is 12.4. The van der Waals surface area contributed by atoms with Gasteiger partial charge in [0.25, 0.3) is 0 Å². The smallest absolute Gasteiger partial charge is 0.343 e. The van der Waals surface area contributed by atoms with E-state index in [-0.39, 0.29) is 23.5 Å². The first-order valence-electron chi connectivity index (χ1n) is 7.64. The number of carbonyl (C=O) groups is 1. The Morgan fingerprint density at radius 1 is 1.16 bits per heavy atom. The van der Waals surface area contributed by atoms with Gasteiger partial charge in [0.05, 0.1) is 23.8 Å². The molecule has 1 aliphatic heterocycles. The summed E-state index contributed by atoms with van der Waals surface area (Å²) >= 11 is 6.23. The van der Waals surface area contributed by atoms with Gasteiger partial charge in [0.2, 0.25) is 6.79 Å². The first kappa shape index (κ1) is 17.2. The van der Waals surface area contributed by atoms with E-state index in [4.69, 9.17) is 35.3 Å². The number of esters is 1. The molecule has 1 aliphatic rings. The Morgan fingerprint density at radius 2 is 1.92 bits per heavy atom. The molecule has 0 N–H and O–H groups in total. The summed E-state index contributed by atoms with van der Waals surface area (Å²) in [5.41, 5.74) is 0.246. The van der Waals surface area contributed by atoms with E-state index < -0.39 is 5.97 Å². The maximum absolute atomic E-state index is 12.4. The predicted molar refractivity (Wildman–Crippen MR) is 91.3 cm³/mol. The van der Waals surface area contributed by atoms with Crippen molar-refractivity contribution in [3.63, 3.8) is 0 Å². The lowest BCUT2D eigenvalue weighted by atomic mass is 10.2. The van der Waals surface area contributed by atoms with Gasteiger partial charge >= 0.3 is 5.97 Å². The molecule has 0 amide bonds. The minimum Gasteiger partial charge on any atom is -0.493 e. The third-order valence-electron chi connectivity index (χ3n) is 3.37. The molecule has 0 unspecified atom stereocenters. The predicted octanol–water partition coefficient (Wildman–Crippen LogP) is 4.08. The van der Waals surface area contributed by atoms with Gasteiger partial charge in [-0.05, 0) is 38.1 Å². The summed E-state index contributed by atoms with van der Waals surface area (Å²) in [5, 5.41) is 0.269. The standard InChI is InChI=1S/C18H17ClO6/c1-10(2)24-17-13(19)6-11(7-16(17)21-3)18(20)25-12-4-5-14-15(8-12)23-9-22-14/h4-8,10H,9H2,1-3H3. The van der Waals surface area contributed by atoms with Crippen LogP contribution >= 0.6 is 11.6 Å². The van der Waals surface area contributed by atoms with Gasteiger partial charge in [-0.15, -0.1) is 0 Å². The molecule has 2 aromatic carbocycles. The summed E-state index contributed by atoms with van der Waals surface area (Å²) in [5.74, 6) is 1.65. The molecule has 3 rings (SSSR count). The van der Waals surface area contributed by atoms with Gasteiger partial charge in [-0.3, -0.25) is 0 Å². The van der Waals surface area contributed by atoms with E-state index in [1.54, 1.807) is 18.2 Å². The molecule has 0 aromatic heterocycles. The van der Waals surface area contributed by atoms with E-state index in [1.807, 2.05) is 13.8 Å². The number of halogens is 1. The van der Waals surface area contributed by atoms with Crippen LogP contribution in [0.4, 0.5) is 0 Å². The number of carbonyl (C=O) groups excluding carboxylic acids is 1. The van der Waals surface area contributed by atoms with E-state index in [0.29, 0.717) is 28.7 Å². The summed E-state index contributed by atoms with van der Waals surface area (Å²) in [7, 11) is 1.48. The Kier molecular flexibility index (Phi) is 4.90. The lowest BCUT2D eigenvalue weighted by Crippen LogP contribution is -2.11. The zero-order valence-corrected chi connectivity index (χ0v) is 14.8. The van der Waals surface area contributed by atoms with Crippen molar-refractivity contribution in [2.75, 3.05) is 13.9 Å². The SMILES string of the molecule is COc1cc(C(=O)Oc2ccc3c(c2)OCO3)cc(Cl)c1OC(C)C. The van der Waals surface area contributed by atoms with Gasteiger partial charge in [0.15, 0.2) is 23.0 Å². The molecule has 132 valence electrons. The molecule has 0 aliphatic carbocycles. The molecule has 0 spiro atoms. The average Bonchev–Trinajstić information content (AvgIpc) is 3.03. The van der Waals surface area contributed by atoms with Crippen molar-refractivity contribution in [2.24, 2.45) is 0 Å². The Balaban J connectivity index is 1.83. The van der Waals surface area contributed by atoms with Gasteiger partial charge in [-0.25, -0.2) is 4.79 Å². The Morgan fingerprint density at radius 3 is 2.64 bits per heavy atom. The highest BCUT2D eigenvalue weighted by atomic mass is 35.5. The quantitative estimate of drug-likeness (QED) is 0.588. The van der Waals surface area contributed by atoms with Crippen molar-refractivity contribution in [3.05, 3.63) is 40.9 Å². The second-order valence-corrected chi connectivity index (χ2v) is 5.97. The van der Waals surface area contributed by atoms with Crippen molar-refractivity contribution in [1.29, 1.82) is 0 Å². The molecular formula is C18H17ClO6. The number of ether oxygens (including phenoxy) is 5. The fourth-order valence-corrected chi connectivity index (χ4v) is 2.55.